The third-order valence-electron chi connectivity index (χ3n) is 2.78. The molecule has 0 radical (unpaired) electrons. The summed E-state index contributed by atoms with van der Waals surface area (Å²) in [4.78, 5) is 12.4. The van der Waals surface area contributed by atoms with Crippen LogP contribution in [0.25, 0.3) is 0 Å². The molecule has 5 heteroatoms. The zero-order valence-electron chi connectivity index (χ0n) is 10.9. The van der Waals surface area contributed by atoms with Gasteiger partial charge in [-0.25, -0.2) is 8.78 Å². The molecule has 0 aliphatic heterocycles. The topological polar surface area (TPSA) is 35.5 Å². The van der Waals surface area contributed by atoms with E-state index in [2.05, 4.69) is 0 Å². The summed E-state index contributed by atoms with van der Waals surface area (Å²) in [6.45, 7) is 0. The summed E-state index contributed by atoms with van der Waals surface area (Å²) in [5.41, 5.74) is 0.0211. The summed E-state index contributed by atoms with van der Waals surface area (Å²) in [6.07, 6.45) is 0. The van der Waals surface area contributed by atoms with Gasteiger partial charge in [0, 0.05) is 11.6 Å². The molecule has 0 saturated carbocycles. The summed E-state index contributed by atoms with van der Waals surface area (Å²) in [5.74, 6) is -1.65. The van der Waals surface area contributed by atoms with E-state index in [0.717, 1.165) is 12.1 Å². The Morgan fingerprint density at radius 3 is 1.90 bits per heavy atom. The molecular weight excluding hydrogens is 266 g/mol. The molecule has 2 aromatic rings. The second kappa shape index (κ2) is 5.69. The zero-order chi connectivity index (χ0) is 14.7. The van der Waals surface area contributed by atoms with Crippen molar-refractivity contribution in [1.82, 2.24) is 0 Å². The molecule has 2 rings (SSSR count). The number of hydrogen-bond acceptors (Lipinski definition) is 3. The number of rotatable bonds is 4. The Morgan fingerprint density at radius 2 is 1.45 bits per heavy atom. The van der Waals surface area contributed by atoms with Crippen molar-refractivity contribution >= 4 is 5.78 Å². The van der Waals surface area contributed by atoms with Gasteiger partial charge in [-0.3, -0.25) is 4.79 Å². The fraction of sp³-hybridized carbons (Fsp3) is 0.133. The molecule has 104 valence electrons. The van der Waals surface area contributed by atoms with Crippen molar-refractivity contribution in [3.63, 3.8) is 0 Å². The maximum atomic E-state index is 13.2. The second-order valence-electron chi connectivity index (χ2n) is 4.02. The Balaban J connectivity index is 2.58. The molecule has 3 nitrogen and oxygen atoms in total. The Bertz CT molecular complexity index is 611. The van der Waals surface area contributed by atoms with Crippen LogP contribution in [0.15, 0.2) is 36.4 Å². The highest BCUT2D eigenvalue weighted by molar-refractivity contribution is 6.12. The normalized spacial score (nSPS) is 10.2. The van der Waals surface area contributed by atoms with Gasteiger partial charge in [0.15, 0.2) is 0 Å². The van der Waals surface area contributed by atoms with E-state index in [9.17, 15) is 13.6 Å². The lowest BCUT2D eigenvalue weighted by atomic mass is 10.0. The molecule has 0 atom stereocenters. The summed E-state index contributed by atoms with van der Waals surface area (Å²) < 4.78 is 36.6. The molecule has 0 aliphatic carbocycles. The van der Waals surface area contributed by atoms with Crippen LogP contribution in [-0.4, -0.2) is 20.0 Å². The third kappa shape index (κ3) is 2.61. The number of carbonyl (C=O) groups is 1. The van der Waals surface area contributed by atoms with E-state index in [4.69, 9.17) is 9.47 Å². The third-order valence-corrected chi connectivity index (χ3v) is 2.78. The molecule has 0 N–H and O–H groups in total. The van der Waals surface area contributed by atoms with E-state index in [0.29, 0.717) is 6.07 Å². The minimum Gasteiger partial charge on any atom is -0.496 e. The van der Waals surface area contributed by atoms with Crippen LogP contribution in [0.1, 0.15) is 15.9 Å². The highest BCUT2D eigenvalue weighted by atomic mass is 19.1. The molecule has 0 aromatic heterocycles. The minimum absolute atomic E-state index is 0.106. The van der Waals surface area contributed by atoms with E-state index in [-0.39, 0.29) is 22.6 Å². The largest absolute Gasteiger partial charge is 0.496 e. The molecule has 0 saturated heterocycles. The van der Waals surface area contributed by atoms with Gasteiger partial charge in [0.05, 0.1) is 14.2 Å². The molecule has 0 spiro atoms. The van der Waals surface area contributed by atoms with Gasteiger partial charge in [-0.2, -0.15) is 0 Å². The highest BCUT2D eigenvalue weighted by Crippen LogP contribution is 2.30. The summed E-state index contributed by atoms with van der Waals surface area (Å²) in [6, 6.07) is 7.45. The van der Waals surface area contributed by atoms with Crippen LogP contribution >= 0.6 is 0 Å². The number of carbonyl (C=O) groups excluding carboxylic acids is 1. The monoisotopic (exact) mass is 278 g/mol. The molecule has 0 heterocycles. The molecular formula is C15H12F2O3. The Kier molecular flexibility index (Phi) is 3.98. The lowest BCUT2D eigenvalue weighted by molar-refractivity contribution is 0.103. The molecule has 2 aromatic carbocycles. The summed E-state index contributed by atoms with van der Waals surface area (Å²) >= 11 is 0. The van der Waals surface area contributed by atoms with E-state index in [1.54, 1.807) is 18.2 Å². The van der Waals surface area contributed by atoms with Crippen LogP contribution in [0.3, 0.4) is 0 Å². The smallest absolute Gasteiger partial charge is 0.200 e. The number of hydrogen-bond donors (Lipinski definition) is 0. The molecule has 20 heavy (non-hydrogen) atoms. The number of ketones is 1. The standard InChI is InChI=1S/C15H12F2O3/c1-19-12-4-3-5-13(20-2)14(12)15(18)9-6-10(16)8-11(17)7-9/h3-8H,1-2H3. The average Bonchev–Trinajstić information content (AvgIpc) is 2.44. The Hall–Kier alpha value is -2.43. The number of ether oxygens (including phenoxy) is 2. The first-order valence-corrected chi connectivity index (χ1v) is 5.78. The molecule has 0 unspecified atom stereocenters. The number of halogens is 2. The second-order valence-corrected chi connectivity index (χ2v) is 4.02. The maximum Gasteiger partial charge on any atom is 0.200 e. The van der Waals surface area contributed by atoms with Gasteiger partial charge in [0.1, 0.15) is 28.7 Å². The lowest BCUT2D eigenvalue weighted by Crippen LogP contribution is -2.07. The van der Waals surface area contributed by atoms with Crippen molar-refractivity contribution in [2.75, 3.05) is 14.2 Å². The first kappa shape index (κ1) is 14.0. The van der Waals surface area contributed by atoms with Crippen molar-refractivity contribution in [2.24, 2.45) is 0 Å². The number of benzene rings is 2. The minimum atomic E-state index is -0.817. The number of methoxy groups -OCH3 is 2. The molecule has 0 fully saturated rings. The van der Waals surface area contributed by atoms with E-state index < -0.39 is 17.4 Å². The average molecular weight is 278 g/mol. The quantitative estimate of drug-likeness (QED) is 0.806. The van der Waals surface area contributed by atoms with Crippen LogP contribution in [0.4, 0.5) is 8.78 Å². The first-order chi connectivity index (χ1) is 9.56. The predicted molar refractivity (Wildman–Crippen MR) is 69.3 cm³/mol. The van der Waals surface area contributed by atoms with Crippen LogP contribution in [0.5, 0.6) is 11.5 Å². The molecule has 0 aliphatic rings. The van der Waals surface area contributed by atoms with Gasteiger partial charge in [-0.05, 0) is 24.3 Å². The van der Waals surface area contributed by atoms with E-state index in [1.807, 2.05) is 0 Å². The Labute approximate surface area is 114 Å². The van der Waals surface area contributed by atoms with Crippen molar-refractivity contribution < 1.29 is 23.0 Å². The van der Waals surface area contributed by atoms with Crippen LogP contribution in [0, 0.1) is 11.6 Å². The Morgan fingerprint density at radius 1 is 0.950 bits per heavy atom. The first-order valence-electron chi connectivity index (χ1n) is 5.78. The van der Waals surface area contributed by atoms with Crippen molar-refractivity contribution in [2.45, 2.75) is 0 Å². The lowest BCUT2D eigenvalue weighted by Gasteiger charge is -2.12. The maximum absolute atomic E-state index is 13.2. The zero-order valence-corrected chi connectivity index (χ0v) is 10.9. The predicted octanol–water partition coefficient (Wildman–Crippen LogP) is 3.21. The molecule has 0 bridgehead atoms. The SMILES string of the molecule is COc1cccc(OC)c1C(=O)c1cc(F)cc(F)c1. The van der Waals surface area contributed by atoms with Gasteiger partial charge < -0.3 is 9.47 Å². The summed E-state index contributed by atoms with van der Waals surface area (Å²) in [7, 11) is 2.80. The van der Waals surface area contributed by atoms with Gasteiger partial charge in [0.25, 0.3) is 0 Å². The van der Waals surface area contributed by atoms with Crippen molar-refractivity contribution in [3.05, 3.63) is 59.2 Å². The van der Waals surface area contributed by atoms with Gasteiger partial charge in [-0.15, -0.1) is 0 Å². The van der Waals surface area contributed by atoms with Crippen LogP contribution in [-0.2, 0) is 0 Å². The van der Waals surface area contributed by atoms with E-state index >= 15 is 0 Å². The van der Waals surface area contributed by atoms with Crippen LogP contribution in [0.2, 0.25) is 0 Å². The van der Waals surface area contributed by atoms with Crippen LogP contribution < -0.4 is 9.47 Å². The van der Waals surface area contributed by atoms with Crippen molar-refractivity contribution in [1.29, 1.82) is 0 Å². The molecule has 0 amide bonds. The van der Waals surface area contributed by atoms with Gasteiger partial charge in [0.2, 0.25) is 5.78 Å². The van der Waals surface area contributed by atoms with Crippen molar-refractivity contribution in [3.8, 4) is 11.5 Å². The van der Waals surface area contributed by atoms with E-state index in [1.165, 1.54) is 14.2 Å². The highest BCUT2D eigenvalue weighted by Gasteiger charge is 2.20. The summed E-state index contributed by atoms with van der Waals surface area (Å²) in [5, 5.41) is 0. The van der Waals surface area contributed by atoms with Gasteiger partial charge in [-0.1, -0.05) is 6.07 Å². The van der Waals surface area contributed by atoms with Gasteiger partial charge >= 0.3 is 0 Å². The fourth-order valence-corrected chi connectivity index (χ4v) is 1.90. The fourth-order valence-electron chi connectivity index (χ4n) is 1.90.